The maximum atomic E-state index is 12.1. The number of carbonyl (C=O) groups excluding carboxylic acids is 1. The van der Waals surface area contributed by atoms with Gasteiger partial charge in [-0.15, -0.1) is 0 Å². The van der Waals surface area contributed by atoms with Gasteiger partial charge in [0.15, 0.2) is 0 Å². The van der Waals surface area contributed by atoms with E-state index in [4.69, 9.17) is 0 Å². The average Bonchev–Trinajstić information content (AvgIpc) is 2.77. The van der Waals surface area contributed by atoms with E-state index >= 15 is 0 Å². The SMILES string of the molecule is CCn1ncc(CNC(=O)c2ccccc2I)c1C. The van der Waals surface area contributed by atoms with Crippen LogP contribution in [0, 0.1) is 10.5 Å². The highest BCUT2D eigenvalue weighted by atomic mass is 127. The summed E-state index contributed by atoms with van der Waals surface area (Å²) < 4.78 is 2.88. The van der Waals surface area contributed by atoms with Gasteiger partial charge in [0.25, 0.3) is 5.91 Å². The molecule has 0 saturated heterocycles. The van der Waals surface area contributed by atoms with E-state index in [0.29, 0.717) is 12.1 Å². The second-order valence-electron chi connectivity index (χ2n) is 4.23. The molecule has 19 heavy (non-hydrogen) atoms. The number of rotatable bonds is 4. The summed E-state index contributed by atoms with van der Waals surface area (Å²) in [5.74, 6) is -0.0475. The molecule has 0 radical (unpaired) electrons. The summed E-state index contributed by atoms with van der Waals surface area (Å²) in [6.45, 7) is 5.42. The first-order valence-electron chi connectivity index (χ1n) is 6.17. The number of hydrogen-bond acceptors (Lipinski definition) is 2. The highest BCUT2D eigenvalue weighted by Gasteiger charge is 2.10. The Bertz CT molecular complexity index is 592. The molecule has 0 bridgehead atoms. The van der Waals surface area contributed by atoms with Gasteiger partial charge in [0.2, 0.25) is 0 Å². The molecule has 5 heteroatoms. The molecule has 2 aromatic rings. The molecular formula is C14H16IN3O. The van der Waals surface area contributed by atoms with Crippen molar-refractivity contribution in [3.63, 3.8) is 0 Å². The minimum Gasteiger partial charge on any atom is -0.348 e. The molecule has 1 N–H and O–H groups in total. The summed E-state index contributed by atoms with van der Waals surface area (Å²) >= 11 is 2.17. The summed E-state index contributed by atoms with van der Waals surface area (Å²) in [7, 11) is 0. The van der Waals surface area contributed by atoms with Crippen LogP contribution in [0.5, 0.6) is 0 Å². The molecular weight excluding hydrogens is 353 g/mol. The third kappa shape index (κ3) is 3.15. The van der Waals surface area contributed by atoms with Crippen molar-refractivity contribution in [1.82, 2.24) is 15.1 Å². The fourth-order valence-electron chi connectivity index (χ4n) is 1.89. The fraction of sp³-hybridized carbons (Fsp3) is 0.286. The first-order valence-corrected chi connectivity index (χ1v) is 7.25. The number of halogens is 1. The molecule has 1 aromatic carbocycles. The van der Waals surface area contributed by atoms with Gasteiger partial charge >= 0.3 is 0 Å². The summed E-state index contributed by atoms with van der Waals surface area (Å²) in [5, 5.41) is 7.20. The largest absolute Gasteiger partial charge is 0.348 e. The van der Waals surface area contributed by atoms with Crippen molar-refractivity contribution >= 4 is 28.5 Å². The highest BCUT2D eigenvalue weighted by molar-refractivity contribution is 14.1. The molecule has 1 aromatic heterocycles. The second kappa shape index (κ2) is 6.18. The van der Waals surface area contributed by atoms with Crippen molar-refractivity contribution in [3.8, 4) is 0 Å². The molecule has 4 nitrogen and oxygen atoms in total. The predicted molar refractivity (Wildman–Crippen MR) is 83.0 cm³/mol. The van der Waals surface area contributed by atoms with Gasteiger partial charge in [-0.1, -0.05) is 12.1 Å². The van der Waals surface area contributed by atoms with Crippen molar-refractivity contribution in [2.24, 2.45) is 0 Å². The summed E-state index contributed by atoms with van der Waals surface area (Å²) in [6, 6.07) is 7.56. The van der Waals surface area contributed by atoms with Crippen molar-refractivity contribution in [3.05, 3.63) is 50.9 Å². The Labute approximate surface area is 126 Å². The number of nitrogens with zero attached hydrogens (tertiary/aromatic N) is 2. The Balaban J connectivity index is 2.05. The van der Waals surface area contributed by atoms with Crippen molar-refractivity contribution in [2.45, 2.75) is 26.9 Å². The minimum absolute atomic E-state index is 0.0475. The molecule has 2 rings (SSSR count). The number of carbonyl (C=O) groups is 1. The first-order chi connectivity index (χ1) is 9.13. The van der Waals surface area contributed by atoms with Crippen LogP contribution in [0.25, 0.3) is 0 Å². The summed E-state index contributed by atoms with van der Waals surface area (Å²) in [6.07, 6.45) is 1.81. The Morgan fingerprint density at radius 1 is 1.42 bits per heavy atom. The smallest absolute Gasteiger partial charge is 0.252 e. The van der Waals surface area contributed by atoms with Crippen LogP contribution in [0.4, 0.5) is 0 Å². The number of aromatic nitrogens is 2. The number of amides is 1. The van der Waals surface area contributed by atoms with Crippen LogP contribution < -0.4 is 5.32 Å². The van der Waals surface area contributed by atoms with Gasteiger partial charge in [-0.3, -0.25) is 9.48 Å². The third-order valence-electron chi connectivity index (χ3n) is 3.06. The lowest BCUT2D eigenvalue weighted by atomic mass is 10.2. The monoisotopic (exact) mass is 369 g/mol. The minimum atomic E-state index is -0.0475. The molecule has 0 fully saturated rings. The molecule has 0 aliphatic carbocycles. The summed E-state index contributed by atoms with van der Waals surface area (Å²) in [5.41, 5.74) is 2.87. The van der Waals surface area contributed by atoms with Crippen LogP contribution in [-0.2, 0) is 13.1 Å². The molecule has 1 amide bonds. The molecule has 0 saturated carbocycles. The van der Waals surface area contributed by atoms with Crippen LogP contribution in [-0.4, -0.2) is 15.7 Å². The molecule has 0 unspecified atom stereocenters. The van der Waals surface area contributed by atoms with Crippen molar-refractivity contribution < 1.29 is 4.79 Å². The Hall–Kier alpha value is -1.37. The number of aryl methyl sites for hydroxylation is 1. The van der Waals surface area contributed by atoms with Gasteiger partial charge in [0.05, 0.1) is 11.8 Å². The zero-order valence-electron chi connectivity index (χ0n) is 11.0. The molecule has 0 spiro atoms. The van der Waals surface area contributed by atoms with E-state index in [-0.39, 0.29) is 5.91 Å². The molecule has 0 atom stereocenters. The van der Waals surface area contributed by atoms with Crippen LogP contribution in [0.1, 0.15) is 28.5 Å². The standard InChI is InChI=1S/C14H16IN3O/c1-3-18-10(2)11(9-17-18)8-16-14(19)12-6-4-5-7-13(12)15/h4-7,9H,3,8H2,1-2H3,(H,16,19). The van der Waals surface area contributed by atoms with E-state index in [9.17, 15) is 4.79 Å². The second-order valence-corrected chi connectivity index (χ2v) is 5.40. The molecule has 0 aliphatic heterocycles. The van der Waals surface area contributed by atoms with E-state index in [0.717, 1.165) is 21.4 Å². The van der Waals surface area contributed by atoms with E-state index < -0.39 is 0 Å². The van der Waals surface area contributed by atoms with Crippen LogP contribution in [0.2, 0.25) is 0 Å². The lowest BCUT2D eigenvalue weighted by Gasteiger charge is -2.07. The molecule has 0 aliphatic rings. The van der Waals surface area contributed by atoms with E-state index in [2.05, 4.69) is 39.9 Å². The average molecular weight is 369 g/mol. The van der Waals surface area contributed by atoms with Crippen LogP contribution in [0.15, 0.2) is 30.5 Å². The van der Waals surface area contributed by atoms with Gasteiger partial charge < -0.3 is 5.32 Å². The van der Waals surface area contributed by atoms with Gasteiger partial charge in [0, 0.05) is 27.9 Å². The van der Waals surface area contributed by atoms with Gasteiger partial charge in [-0.2, -0.15) is 5.10 Å². The lowest BCUT2D eigenvalue weighted by molar-refractivity contribution is 0.0950. The maximum Gasteiger partial charge on any atom is 0.252 e. The Morgan fingerprint density at radius 3 is 2.79 bits per heavy atom. The van der Waals surface area contributed by atoms with Crippen molar-refractivity contribution in [2.75, 3.05) is 0 Å². The van der Waals surface area contributed by atoms with Gasteiger partial charge in [-0.25, -0.2) is 0 Å². The van der Waals surface area contributed by atoms with E-state index in [1.54, 1.807) is 0 Å². The number of hydrogen-bond donors (Lipinski definition) is 1. The zero-order valence-corrected chi connectivity index (χ0v) is 13.1. The fourth-order valence-corrected chi connectivity index (χ4v) is 2.53. The van der Waals surface area contributed by atoms with E-state index in [1.807, 2.05) is 42.1 Å². The number of nitrogens with one attached hydrogen (secondary N) is 1. The van der Waals surface area contributed by atoms with Gasteiger partial charge in [0.1, 0.15) is 0 Å². The topological polar surface area (TPSA) is 46.9 Å². The van der Waals surface area contributed by atoms with Crippen molar-refractivity contribution in [1.29, 1.82) is 0 Å². The third-order valence-corrected chi connectivity index (χ3v) is 4.00. The Morgan fingerprint density at radius 2 is 2.16 bits per heavy atom. The van der Waals surface area contributed by atoms with Gasteiger partial charge in [-0.05, 0) is 48.6 Å². The molecule has 100 valence electrons. The first kappa shape index (κ1) is 14.0. The lowest BCUT2D eigenvalue weighted by Crippen LogP contribution is -2.23. The normalized spacial score (nSPS) is 10.5. The molecule has 1 heterocycles. The quantitative estimate of drug-likeness (QED) is 0.843. The van der Waals surface area contributed by atoms with E-state index in [1.165, 1.54) is 0 Å². The highest BCUT2D eigenvalue weighted by Crippen LogP contribution is 2.12. The zero-order chi connectivity index (χ0) is 13.8. The maximum absolute atomic E-state index is 12.1. The van der Waals surface area contributed by atoms with Crippen LogP contribution >= 0.6 is 22.6 Å². The Kier molecular flexibility index (Phi) is 4.57. The predicted octanol–water partition coefficient (Wildman–Crippen LogP) is 2.75. The summed E-state index contributed by atoms with van der Waals surface area (Å²) in [4.78, 5) is 12.1. The van der Waals surface area contributed by atoms with Crippen LogP contribution in [0.3, 0.4) is 0 Å². The number of benzene rings is 1.